The van der Waals surface area contributed by atoms with E-state index in [1.165, 1.54) is 11.0 Å². The first-order valence-electron chi connectivity index (χ1n) is 6.59. The van der Waals surface area contributed by atoms with E-state index in [1.54, 1.807) is 12.2 Å². The van der Waals surface area contributed by atoms with Crippen molar-refractivity contribution in [1.82, 2.24) is 10.2 Å². The molecule has 0 radical (unpaired) electrons. The average Bonchev–Trinajstić information content (AvgIpc) is 2.86. The summed E-state index contributed by atoms with van der Waals surface area (Å²) in [5.41, 5.74) is 11.2. The summed E-state index contributed by atoms with van der Waals surface area (Å²) in [6, 6.07) is -3.17. The van der Waals surface area contributed by atoms with E-state index in [0.29, 0.717) is 12.1 Å². The third-order valence-electron chi connectivity index (χ3n) is 3.43. The van der Waals surface area contributed by atoms with Crippen LogP contribution in [0.3, 0.4) is 0 Å². The Balaban J connectivity index is 2.12. The summed E-state index contributed by atoms with van der Waals surface area (Å²) in [6.45, 7) is 0. The molecule has 0 aliphatic carbocycles. The zero-order valence-electron chi connectivity index (χ0n) is 11.6. The van der Waals surface area contributed by atoms with E-state index in [4.69, 9.17) is 16.6 Å². The molecule has 3 amide bonds. The molecule has 0 fully saturated rings. The average molecular weight is 308 g/mol. The molecule has 2 aliphatic heterocycles. The second-order valence-corrected chi connectivity index (χ2v) is 5.05. The fourth-order valence-electron chi connectivity index (χ4n) is 2.34. The predicted octanol–water partition coefficient (Wildman–Crippen LogP) is -2.19. The molecule has 9 heteroatoms. The van der Waals surface area contributed by atoms with Gasteiger partial charge in [0.25, 0.3) is 0 Å². The SMILES string of the molecule is NC(=O)C[C@H](NC(=O)[C@@H]1C=CC2=CC[C@H](N)C(=O)N21)C(=O)O. The second-order valence-electron chi connectivity index (χ2n) is 5.05. The molecule has 2 rings (SSSR count). The Kier molecular flexibility index (Phi) is 4.27. The number of rotatable bonds is 5. The molecule has 2 heterocycles. The number of carbonyl (C=O) groups is 4. The minimum Gasteiger partial charge on any atom is -0.480 e. The number of nitrogens with one attached hydrogen (secondary N) is 1. The smallest absolute Gasteiger partial charge is 0.326 e. The lowest BCUT2D eigenvalue weighted by Crippen LogP contribution is -2.55. The Morgan fingerprint density at radius 3 is 2.73 bits per heavy atom. The molecular weight excluding hydrogens is 292 g/mol. The van der Waals surface area contributed by atoms with E-state index in [2.05, 4.69) is 5.32 Å². The number of hydrogen-bond donors (Lipinski definition) is 4. The largest absolute Gasteiger partial charge is 0.480 e. The fourth-order valence-corrected chi connectivity index (χ4v) is 2.34. The summed E-state index contributed by atoms with van der Waals surface area (Å²) >= 11 is 0. The first kappa shape index (κ1) is 15.7. The van der Waals surface area contributed by atoms with Gasteiger partial charge in [-0.2, -0.15) is 0 Å². The van der Waals surface area contributed by atoms with Crippen LogP contribution in [0, 0.1) is 0 Å². The molecule has 0 saturated heterocycles. The second kappa shape index (κ2) is 5.98. The number of aliphatic carboxylic acids is 1. The van der Waals surface area contributed by atoms with Crippen LogP contribution < -0.4 is 16.8 Å². The third kappa shape index (κ3) is 2.98. The Bertz CT molecular complexity index is 597. The summed E-state index contributed by atoms with van der Waals surface area (Å²) in [5, 5.41) is 11.2. The van der Waals surface area contributed by atoms with Crippen molar-refractivity contribution >= 4 is 23.7 Å². The van der Waals surface area contributed by atoms with Crippen LogP contribution in [0.4, 0.5) is 0 Å². The van der Waals surface area contributed by atoms with Crippen LogP contribution in [0.15, 0.2) is 23.9 Å². The first-order chi connectivity index (χ1) is 10.3. The molecule has 3 atom stereocenters. The molecule has 0 aromatic rings. The maximum absolute atomic E-state index is 12.2. The van der Waals surface area contributed by atoms with E-state index < -0.39 is 48.2 Å². The normalized spacial score (nSPS) is 24.5. The van der Waals surface area contributed by atoms with Crippen LogP contribution in [0.1, 0.15) is 12.8 Å². The number of hydrogen-bond acceptors (Lipinski definition) is 5. The zero-order valence-corrected chi connectivity index (χ0v) is 11.6. The number of amides is 3. The van der Waals surface area contributed by atoms with E-state index in [0.717, 1.165) is 0 Å². The van der Waals surface area contributed by atoms with Gasteiger partial charge in [0.2, 0.25) is 17.7 Å². The number of primary amides is 1. The fraction of sp³-hybridized carbons (Fsp3) is 0.385. The van der Waals surface area contributed by atoms with Crippen LogP contribution in [-0.2, 0) is 19.2 Å². The number of carboxylic acids is 1. The van der Waals surface area contributed by atoms with Gasteiger partial charge in [-0.1, -0.05) is 12.2 Å². The summed E-state index contributed by atoms with van der Waals surface area (Å²) in [5.74, 6) is -3.36. The van der Waals surface area contributed by atoms with Crippen LogP contribution in [0.25, 0.3) is 0 Å². The van der Waals surface area contributed by atoms with Gasteiger partial charge in [-0.15, -0.1) is 0 Å². The van der Waals surface area contributed by atoms with Gasteiger partial charge >= 0.3 is 5.97 Å². The van der Waals surface area contributed by atoms with Crippen LogP contribution in [0.2, 0.25) is 0 Å². The Morgan fingerprint density at radius 2 is 2.14 bits per heavy atom. The monoisotopic (exact) mass is 308 g/mol. The predicted molar refractivity (Wildman–Crippen MR) is 73.8 cm³/mol. The minimum atomic E-state index is -1.44. The van der Waals surface area contributed by atoms with E-state index in [-0.39, 0.29) is 0 Å². The Hall–Kier alpha value is -2.68. The lowest BCUT2D eigenvalue weighted by Gasteiger charge is -2.31. The molecule has 118 valence electrons. The third-order valence-corrected chi connectivity index (χ3v) is 3.43. The van der Waals surface area contributed by atoms with E-state index >= 15 is 0 Å². The van der Waals surface area contributed by atoms with Crippen molar-refractivity contribution in [1.29, 1.82) is 0 Å². The van der Waals surface area contributed by atoms with Gasteiger partial charge in [-0.05, 0) is 12.5 Å². The Labute approximate surface area is 125 Å². The van der Waals surface area contributed by atoms with Crippen molar-refractivity contribution in [3.05, 3.63) is 23.9 Å². The highest BCUT2D eigenvalue weighted by atomic mass is 16.4. The topological polar surface area (TPSA) is 156 Å². The number of fused-ring (bicyclic) bond motifs is 1. The first-order valence-corrected chi connectivity index (χ1v) is 6.59. The highest BCUT2D eigenvalue weighted by molar-refractivity contribution is 5.96. The zero-order chi connectivity index (χ0) is 16.4. The van der Waals surface area contributed by atoms with Gasteiger partial charge in [0.05, 0.1) is 12.5 Å². The maximum Gasteiger partial charge on any atom is 0.326 e. The standard InChI is InChI=1S/C13H16N4O5/c14-7-3-1-6-2-4-9(17(6)12(7)20)11(19)16-8(13(21)22)5-10(15)18/h1-2,4,7-9H,3,5,14H2,(H2,15,18)(H,16,19)(H,21,22)/t7-,8-,9-/m0/s1. The molecular formula is C13H16N4O5. The summed E-state index contributed by atoms with van der Waals surface area (Å²) in [4.78, 5) is 47.4. The van der Waals surface area contributed by atoms with E-state index in [1.807, 2.05) is 0 Å². The molecule has 6 N–H and O–H groups in total. The van der Waals surface area contributed by atoms with Crippen molar-refractivity contribution in [2.45, 2.75) is 31.0 Å². The molecule has 22 heavy (non-hydrogen) atoms. The molecule has 9 nitrogen and oxygen atoms in total. The van der Waals surface area contributed by atoms with Crippen LogP contribution >= 0.6 is 0 Å². The van der Waals surface area contributed by atoms with Gasteiger partial charge in [-0.25, -0.2) is 4.79 Å². The lowest BCUT2D eigenvalue weighted by molar-refractivity contribution is -0.144. The van der Waals surface area contributed by atoms with Crippen LogP contribution in [0.5, 0.6) is 0 Å². The van der Waals surface area contributed by atoms with Gasteiger partial charge < -0.3 is 21.9 Å². The lowest BCUT2D eigenvalue weighted by atomic mass is 10.1. The van der Waals surface area contributed by atoms with Gasteiger partial charge in [-0.3, -0.25) is 19.3 Å². The number of nitrogens with zero attached hydrogens (tertiary/aromatic N) is 1. The highest BCUT2D eigenvalue weighted by Crippen LogP contribution is 2.26. The Morgan fingerprint density at radius 1 is 1.45 bits per heavy atom. The molecule has 0 saturated carbocycles. The molecule has 0 spiro atoms. The molecule has 0 aromatic carbocycles. The summed E-state index contributed by atoms with van der Waals surface area (Å²) in [6.07, 6.45) is 4.64. The highest BCUT2D eigenvalue weighted by Gasteiger charge is 2.39. The van der Waals surface area contributed by atoms with Gasteiger partial charge in [0.15, 0.2) is 0 Å². The molecule has 0 aromatic heterocycles. The number of allylic oxidation sites excluding steroid dienone is 1. The van der Waals surface area contributed by atoms with Crippen molar-refractivity contribution in [3.63, 3.8) is 0 Å². The minimum absolute atomic E-state index is 0.378. The van der Waals surface area contributed by atoms with Crippen LogP contribution in [-0.4, -0.2) is 51.8 Å². The summed E-state index contributed by atoms with van der Waals surface area (Å²) < 4.78 is 0. The quantitative estimate of drug-likeness (QED) is 0.452. The molecule has 0 unspecified atom stereocenters. The van der Waals surface area contributed by atoms with Crippen molar-refractivity contribution in [2.75, 3.05) is 0 Å². The maximum atomic E-state index is 12.2. The van der Waals surface area contributed by atoms with Crippen molar-refractivity contribution in [2.24, 2.45) is 11.5 Å². The molecule has 0 bridgehead atoms. The van der Waals surface area contributed by atoms with E-state index in [9.17, 15) is 19.2 Å². The van der Waals surface area contributed by atoms with Gasteiger partial charge in [0, 0.05) is 5.70 Å². The number of carboxylic acid groups (broad SMARTS) is 1. The number of carbonyl (C=O) groups excluding carboxylic acids is 3. The van der Waals surface area contributed by atoms with Gasteiger partial charge in [0.1, 0.15) is 12.1 Å². The molecule has 2 aliphatic rings. The summed E-state index contributed by atoms with van der Waals surface area (Å²) in [7, 11) is 0. The number of nitrogens with two attached hydrogens (primary N) is 2. The van der Waals surface area contributed by atoms with Crippen molar-refractivity contribution in [3.8, 4) is 0 Å². The van der Waals surface area contributed by atoms with Crippen molar-refractivity contribution < 1.29 is 24.3 Å².